The van der Waals surface area contributed by atoms with E-state index in [-0.39, 0.29) is 5.91 Å². The van der Waals surface area contributed by atoms with Gasteiger partial charge >= 0.3 is 0 Å². The van der Waals surface area contributed by atoms with Crippen molar-refractivity contribution in [1.82, 2.24) is 10.2 Å². The minimum Gasteiger partial charge on any atom is -0.368 e. The van der Waals surface area contributed by atoms with E-state index in [1.54, 1.807) is 0 Å². The first-order chi connectivity index (χ1) is 9.21. The summed E-state index contributed by atoms with van der Waals surface area (Å²) < 4.78 is 0. The highest BCUT2D eigenvalue weighted by molar-refractivity contribution is 5.84. The second-order valence-corrected chi connectivity index (χ2v) is 6.92. The van der Waals surface area contributed by atoms with Crippen LogP contribution in [-0.4, -0.2) is 42.5 Å². The molecule has 120 valence electrons. The summed E-state index contributed by atoms with van der Waals surface area (Å²) in [5.41, 5.74) is 4.99. The van der Waals surface area contributed by atoms with E-state index in [2.05, 4.69) is 44.8 Å². The molecule has 4 heteroatoms. The van der Waals surface area contributed by atoms with Crippen molar-refractivity contribution in [2.24, 2.45) is 17.6 Å². The highest BCUT2D eigenvalue weighted by Crippen LogP contribution is 2.13. The van der Waals surface area contributed by atoms with Gasteiger partial charge < -0.3 is 16.0 Å². The standard InChI is InChI=1S/C16H35N3O/c1-7-9-18-16(6,15(17)20)8-10-19(11-13(2)3)12-14(4)5/h13-14,18H,7-12H2,1-6H3,(H2,17,20). The van der Waals surface area contributed by atoms with E-state index in [0.717, 1.165) is 39.0 Å². The predicted molar refractivity (Wildman–Crippen MR) is 86.6 cm³/mol. The Morgan fingerprint density at radius 2 is 1.70 bits per heavy atom. The van der Waals surface area contributed by atoms with Crippen LogP contribution in [0.4, 0.5) is 0 Å². The van der Waals surface area contributed by atoms with Crippen LogP contribution in [0.5, 0.6) is 0 Å². The molecule has 1 amide bonds. The average Bonchev–Trinajstić information content (AvgIpc) is 2.32. The third-order valence-corrected chi connectivity index (χ3v) is 3.48. The van der Waals surface area contributed by atoms with Gasteiger partial charge in [-0.3, -0.25) is 4.79 Å². The highest BCUT2D eigenvalue weighted by Gasteiger charge is 2.30. The van der Waals surface area contributed by atoms with Gasteiger partial charge in [0, 0.05) is 19.6 Å². The summed E-state index contributed by atoms with van der Waals surface area (Å²) in [5.74, 6) is 1.02. The van der Waals surface area contributed by atoms with Gasteiger partial charge in [0.15, 0.2) is 0 Å². The summed E-state index contributed by atoms with van der Waals surface area (Å²) >= 11 is 0. The molecule has 0 aromatic heterocycles. The number of amides is 1. The van der Waals surface area contributed by atoms with Gasteiger partial charge in [-0.15, -0.1) is 0 Å². The Hall–Kier alpha value is -0.610. The predicted octanol–water partition coefficient (Wildman–Crippen LogP) is 2.23. The van der Waals surface area contributed by atoms with E-state index in [1.807, 2.05) is 6.92 Å². The maximum absolute atomic E-state index is 11.7. The number of primary amides is 1. The Bertz CT molecular complexity index is 269. The molecule has 0 aliphatic rings. The van der Waals surface area contributed by atoms with E-state index in [4.69, 9.17) is 5.73 Å². The van der Waals surface area contributed by atoms with Gasteiger partial charge in [-0.25, -0.2) is 0 Å². The van der Waals surface area contributed by atoms with Crippen molar-refractivity contribution in [3.63, 3.8) is 0 Å². The molecule has 1 unspecified atom stereocenters. The van der Waals surface area contributed by atoms with Crippen molar-refractivity contribution in [2.75, 3.05) is 26.2 Å². The highest BCUT2D eigenvalue weighted by atomic mass is 16.1. The van der Waals surface area contributed by atoms with Crippen molar-refractivity contribution < 1.29 is 4.79 Å². The second kappa shape index (κ2) is 9.35. The Morgan fingerprint density at radius 1 is 1.20 bits per heavy atom. The summed E-state index contributed by atoms with van der Waals surface area (Å²) in [7, 11) is 0. The third kappa shape index (κ3) is 7.85. The topological polar surface area (TPSA) is 58.4 Å². The molecule has 4 nitrogen and oxygen atoms in total. The number of nitrogens with zero attached hydrogens (tertiary/aromatic N) is 1. The van der Waals surface area contributed by atoms with Gasteiger partial charge in [-0.2, -0.15) is 0 Å². The third-order valence-electron chi connectivity index (χ3n) is 3.48. The van der Waals surface area contributed by atoms with Crippen molar-refractivity contribution in [3.05, 3.63) is 0 Å². The molecule has 0 heterocycles. The number of rotatable bonds is 11. The molecular formula is C16H35N3O. The lowest BCUT2D eigenvalue weighted by Gasteiger charge is -2.32. The molecule has 0 saturated carbocycles. The lowest BCUT2D eigenvalue weighted by molar-refractivity contribution is -0.124. The summed E-state index contributed by atoms with van der Waals surface area (Å²) in [6.45, 7) is 16.8. The number of carbonyl (C=O) groups is 1. The normalized spacial score (nSPS) is 15.1. The van der Waals surface area contributed by atoms with Crippen molar-refractivity contribution >= 4 is 5.91 Å². The monoisotopic (exact) mass is 285 g/mol. The minimum absolute atomic E-state index is 0.250. The number of carbonyl (C=O) groups excluding carboxylic acids is 1. The van der Waals surface area contributed by atoms with Crippen LogP contribution in [-0.2, 0) is 4.79 Å². The fourth-order valence-corrected chi connectivity index (χ4v) is 2.37. The number of hydrogen-bond acceptors (Lipinski definition) is 3. The quantitative estimate of drug-likeness (QED) is 0.612. The molecule has 0 aromatic rings. The largest absolute Gasteiger partial charge is 0.368 e. The zero-order chi connectivity index (χ0) is 15.8. The SMILES string of the molecule is CCCNC(C)(CCN(CC(C)C)CC(C)C)C(N)=O. The lowest BCUT2D eigenvalue weighted by Crippen LogP contribution is -2.55. The zero-order valence-corrected chi connectivity index (χ0v) is 14.3. The molecule has 3 N–H and O–H groups in total. The van der Waals surface area contributed by atoms with Crippen LogP contribution in [0, 0.1) is 11.8 Å². The molecule has 0 rings (SSSR count). The van der Waals surface area contributed by atoms with Crippen LogP contribution in [0.3, 0.4) is 0 Å². The van der Waals surface area contributed by atoms with Crippen LogP contribution in [0.25, 0.3) is 0 Å². The van der Waals surface area contributed by atoms with Gasteiger partial charge in [-0.1, -0.05) is 34.6 Å². The smallest absolute Gasteiger partial charge is 0.237 e. The first-order valence-electron chi connectivity index (χ1n) is 7.98. The molecule has 0 radical (unpaired) electrons. The molecule has 0 saturated heterocycles. The van der Waals surface area contributed by atoms with E-state index in [9.17, 15) is 4.79 Å². The Morgan fingerprint density at radius 3 is 2.05 bits per heavy atom. The zero-order valence-electron chi connectivity index (χ0n) is 14.3. The Balaban J connectivity index is 4.56. The van der Waals surface area contributed by atoms with Crippen LogP contribution >= 0.6 is 0 Å². The van der Waals surface area contributed by atoms with Crippen LogP contribution in [0.1, 0.15) is 54.4 Å². The van der Waals surface area contributed by atoms with E-state index in [0.29, 0.717) is 11.8 Å². The van der Waals surface area contributed by atoms with Gasteiger partial charge in [-0.05, 0) is 38.1 Å². The van der Waals surface area contributed by atoms with E-state index < -0.39 is 5.54 Å². The van der Waals surface area contributed by atoms with Gasteiger partial charge in [0.05, 0.1) is 5.54 Å². The number of nitrogens with one attached hydrogen (secondary N) is 1. The summed E-state index contributed by atoms with van der Waals surface area (Å²) in [4.78, 5) is 14.2. The molecular weight excluding hydrogens is 250 g/mol. The Labute approximate surface area is 125 Å². The fourth-order valence-electron chi connectivity index (χ4n) is 2.37. The summed E-state index contributed by atoms with van der Waals surface area (Å²) in [6.07, 6.45) is 1.77. The average molecular weight is 285 g/mol. The van der Waals surface area contributed by atoms with Gasteiger partial charge in [0.2, 0.25) is 5.91 Å². The van der Waals surface area contributed by atoms with Crippen molar-refractivity contribution in [2.45, 2.75) is 59.9 Å². The maximum Gasteiger partial charge on any atom is 0.237 e. The van der Waals surface area contributed by atoms with Crippen LogP contribution in [0.15, 0.2) is 0 Å². The van der Waals surface area contributed by atoms with Crippen LogP contribution < -0.4 is 11.1 Å². The minimum atomic E-state index is -0.595. The lowest BCUT2D eigenvalue weighted by atomic mass is 9.95. The molecule has 1 atom stereocenters. The molecule has 0 spiro atoms. The second-order valence-electron chi connectivity index (χ2n) is 6.92. The fraction of sp³-hybridized carbons (Fsp3) is 0.938. The molecule has 0 aromatic carbocycles. The number of hydrogen-bond donors (Lipinski definition) is 2. The maximum atomic E-state index is 11.7. The summed E-state index contributed by atoms with van der Waals surface area (Å²) in [5, 5.41) is 3.31. The first-order valence-corrected chi connectivity index (χ1v) is 7.98. The molecule has 0 aliphatic carbocycles. The van der Waals surface area contributed by atoms with E-state index in [1.165, 1.54) is 0 Å². The van der Waals surface area contributed by atoms with Gasteiger partial charge in [0.25, 0.3) is 0 Å². The Kier molecular flexibility index (Phi) is 9.06. The van der Waals surface area contributed by atoms with Gasteiger partial charge in [0.1, 0.15) is 0 Å². The number of nitrogens with two attached hydrogens (primary N) is 1. The van der Waals surface area contributed by atoms with Crippen molar-refractivity contribution in [3.8, 4) is 0 Å². The first kappa shape index (κ1) is 19.4. The molecule has 0 bridgehead atoms. The van der Waals surface area contributed by atoms with E-state index >= 15 is 0 Å². The molecule has 0 aliphatic heterocycles. The van der Waals surface area contributed by atoms with Crippen molar-refractivity contribution in [1.29, 1.82) is 0 Å². The summed E-state index contributed by atoms with van der Waals surface area (Å²) in [6, 6.07) is 0. The molecule has 20 heavy (non-hydrogen) atoms. The van der Waals surface area contributed by atoms with Crippen LogP contribution in [0.2, 0.25) is 0 Å². The molecule has 0 fully saturated rings.